The van der Waals surface area contributed by atoms with Gasteiger partial charge in [0.2, 0.25) is 0 Å². The van der Waals surface area contributed by atoms with Gasteiger partial charge in [-0.3, -0.25) is 14.2 Å². The lowest BCUT2D eigenvalue weighted by molar-refractivity contribution is -0.135. The maximum absolute atomic E-state index is 13.0. The Morgan fingerprint density at radius 1 is 1.09 bits per heavy atom. The van der Waals surface area contributed by atoms with Crippen molar-refractivity contribution in [3.63, 3.8) is 0 Å². The molecule has 1 heterocycles. The zero-order valence-corrected chi connectivity index (χ0v) is 19.0. The van der Waals surface area contributed by atoms with Gasteiger partial charge in [-0.05, 0) is 36.2 Å². The van der Waals surface area contributed by atoms with Crippen molar-refractivity contribution in [1.29, 1.82) is 0 Å². The number of carbonyl (C=O) groups excluding carboxylic acids is 1. The third kappa shape index (κ3) is 6.68. The van der Waals surface area contributed by atoms with E-state index >= 15 is 0 Å². The summed E-state index contributed by atoms with van der Waals surface area (Å²) in [5.41, 5.74) is 1.74. The highest BCUT2D eigenvalue weighted by Crippen LogP contribution is 2.24. The third-order valence-electron chi connectivity index (χ3n) is 5.01. The fourth-order valence-corrected chi connectivity index (χ4v) is 3.50. The molecule has 0 aliphatic carbocycles. The molecule has 0 atom stereocenters. The standard InChI is InChI=1S/C24H23ClF3N3O2/c1-30(2)23(33)18-6-3-5-16(13-18)15-31-21(7-4-12-24(26,27)28)29-20(14-22(31)32)17-8-10-19(25)11-9-17/h3,5-6,8-11,13-14H,4,7,12,15H2,1-2H3. The topological polar surface area (TPSA) is 55.2 Å². The summed E-state index contributed by atoms with van der Waals surface area (Å²) in [4.78, 5) is 31.2. The Bertz CT molecular complexity index is 1190. The predicted molar refractivity (Wildman–Crippen MR) is 121 cm³/mol. The van der Waals surface area contributed by atoms with Gasteiger partial charge in [0.1, 0.15) is 5.82 Å². The second-order valence-corrected chi connectivity index (χ2v) is 8.29. The first-order chi connectivity index (χ1) is 15.5. The Morgan fingerprint density at radius 3 is 2.42 bits per heavy atom. The molecule has 9 heteroatoms. The maximum Gasteiger partial charge on any atom is 0.389 e. The summed E-state index contributed by atoms with van der Waals surface area (Å²) >= 11 is 5.92. The van der Waals surface area contributed by atoms with E-state index in [9.17, 15) is 22.8 Å². The van der Waals surface area contributed by atoms with E-state index in [1.807, 2.05) is 0 Å². The molecule has 0 N–H and O–H groups in total. The molecule has 3 rings (SSSR count). The van der Waals surface area contributed by atoms with Crippen LogP contribution >= 0.6 is 11.6 Å². The Balaban J connectivity index is 1.98. The normalized spacial score (nSPS) is 11.5. The lowest BCUT2D eigenvalue weighted by Crippen LogP contribution is -2.26. The molecule has 2 aromatic carbocycles. The van der Waals surface area contributed by atoms with Crippen molar-refractivity contribution < 1.29 is 18.0 Å². The molecule has 1 amide bonds. The lowest BCUT2D eigenvalue weighted by Gasteiger charge is -2.16. The number of hydrogen-bond acceptors (Lipinski definition) is 3. The van der Waals surface area contributed by atoms with E-state index < -0.39 is 12.6 Å². The van der Waals surface area contributed by atoms with Crippen LogP contribution in [0.25, 0.3) is 11.3 Å². The number of amides is 1. The summed E-state index contributed by atoms with van der Waals surface area (Å²) in [5.74, 6) is 0.0619. The van der Waals surface area contributed by atoms with Crippen LogP contribution in [0.1, 0.15) is 34.6 Å². The van der Waals surface area contributed by atoms with E-state index in [2.05, 4.69) is 4.98 Å². The Hall–Kier alpha value is -3.13. The van der Waals surface area contributed by atoms with Crippen LogP contribution in [0, 0.1) is 0 Å². The molecule has 0 unspecified atom stereocenters. The molecular weight excluding hydrogens is 455 g/mol. The third-order valence-corrected chi connectivity index (χ3v) is 5.26. The highest BCUT2D eigenvalue weighted by molar-refractivity contribution is 6.30. The first kappa shape index (κ1) is 24.5. The molecule has 1 aromatic heterocycles. The maximum atomic E-state index is 13.0. The number of hydrogen-bond donors (Lipinski definition) is 0. The average Bonchev–Trinajstić information content (AvgIpc) is 2.75. The zero-order valence-electron chi connectivity index (χ0n) is 18.2. The Kier molecular flexibility index (Phi) is 7.58. The number of nitrogens with zero attached hydrogens (tertiary/aromatic N) is 3. The van der Waals surface area contributed by atoms with Crippen molar-refractivity contribution in [2.24, 2.45) is 0 Å². The number of benzene rings is 2. The van der Waals surface area contributed by atoms with Crippen LogP contribution in [0.2, 0.25) is 5.02 Å². The van der Waals surface area contributed by atoms with Crippen molar-refractivity contribution in [2.45, 2.75) is 32.0 Å². The van der Waals surface area contributed by atoms with Crippen molar-refractivity contribution in [2.75, 3.05) is 14.1 Å². The molecule has 174 valence electrons. The van der Waals surface area contributed by atoms with E-state index in [0.29, 0.717) is 27.4 Å². The van der Waals surface area contributed by atoms with E-state index in [1.165, 1.54) is 15.5 Å². The fraction of sp³-hybridized carbons (Fsp3) is 0.292. The highest BCUT2D eigenvalue weighted by atomic mass is 35.5. The van der Waals surface area contributed by atoms with Crippen LogP contribution in [0.15, 0.2) is 59.4 Å². The molecule has 0 aliphatic rings. The molecule has 0 radical (unpaired) electrons. The second kappa shape index (κ2) is 10.2. The molecule has 33 heavy (non-hydrogen) atoms. The van der Waals surface area contributed by atoms with Gasteiger partial charge in [-0.2, -0.15) is 13.2 Å². The molecule has 3 aromatic rings. The van der Waals surface area contributed by atoms with Crippen molar-refractivity contribution in [3.8, 4) is 11.3 Å². The van der Waals surface area contributed by atoms with Crippen LogP contribution in [-0.2, 0) is 13.0 Å². The quantitative estimate of drug-likeness (QED) is 0.470. The van der Waals surface area contributed by atoms with Gasteiger partial charge in [-0.15, -0.1) is 0 Å². The summed E-state index contributed by atoms with van der Waals surface area (Å²) in [6, 6.07) is 14.9. The summed E-state index contributed by atoms with van der Waals surface area (Å²) in [5, 5.41) is 0.518. The van der Waals surface area contributed by atoms with Gasteiger partial charge in [0.05, 0.1) is 12.2 Å². The van der Waals surface area contributed by atoms with Gasteiger partial charge in [-0.25, -0.2) is 4.98 Å². The number of alkyl halides is 3. The van der Waals surface area contributed by atoms with E-state index in [0.717, 1.165) is 0 Å². The van der Waals surface area contributed by atoms with Gasteiger partial charge in [0.25, 0.3) is 11.5 Å². The van der Waals surface area contributed by atoms with Crippen LogP contribution < -0.4 is 5.56 Å². The molecule has 5 nitrogen and oxygen atoms in total. The van der Waals surface area contributed by atoms with Gasteiger partial charge in [-0.1, -0.05) is 35.9 Å². The smallest absolute Gasteiger partial charge is 0.345 e. The summed E-state index contributed by atoms with van der Waals surface area (Å²) in [6.07, 6.45) is -5.48. The molecule has 0 spiro atoms. The average molecular weight is 478 g/mol. The van der Waals surface area contributed by atoms with Crippen molar-refractivity contribution >= 4 is 17.5 Å². The van der Waals surface area contributed by atoms with E-state index in [-0.39, 0.29) is 36.7 Å². The van der Waals surface area contributed by atoms with Crippen molar-refractivity contribution in [1.82, 2.24) is 14.5 Å². The molecule has 0 bridgehead atoms. The predicted octanol–water partition coefficient (Wildman–Crippen LogP) is 5.20. The van der Waals surface area contributed by atoms with Crippen LogP contribution in [-0.4, -0.2) is 40.6 Å². The molecule has 0 aliphatic heterocycles. The second-order valence-electron chi connectivity index (χ2n) is 7.86. The molecule has 0 fully saturated rings. The van der Waals surface area contributed by atoms with Gasteiger partial charge >= 0.3 is 6.18 Å². The van der Waals surface area contributed by atoms with Gasteiger partial charge in [0.15, 0.2) is 0 Å². The highest BCUT2D eigenvalue weighted by Gasteiger charge is 2.26. The van der Waals surface area contributed by atoms with Crippen LogP contribution in [0.5, 0.6) is 0 Å². The Labute approximate surface area is 194 Å². The first-order valence-corrected chi connectivity index (χ1v) is 10.7. The molecule has 0 saturated heterocycles. The lowest BCUT2D eigenvalue weighted by atomic mass is 10.1. The summed E-state index contributed by atoms with van der Waals surface area (Å²) in [7, 11) is 3.27. The van der Waals surface area contributed by atoms with Crippen LogP contribution in [0.4, 0.5) is 13.2 Å². The molecular formula is C24H23ClF3N3O2. The van der Waals surface area contributed by atoms with Crippen molar-refractivity contribution in [3.05, 3.63) is 86.9 Å². The van der Waals surface area contributed by atoms with E-state index in [4.69, 9.17) is 11.6 Å². The summed E-state index contributed by atoms with van der Waals surface area (Å²) in [6.45, 7) is 0.0859. The number of rotatable bonds is 7. The largest absolute Gasteiger partial charge is 0.389 e. The minimum absolute atomic E-state index is 0.0213. The monoisotopic (exact) mass is 477 g/mol. The molecule has 0 saturated carbocycles. The summed E-state index contributed by atoms with van der Waals surface area (Å²) < 4.78 is 39.5. The fourth-order valence-electron chi connectivity index (χ4n) is 3.37. The SMILES string of the molecule is CN(C)C(=O)c1cccc(Cn2c(CCCC(F)(F)F)nc(-c3ccc(Cl)cc3)cc2=O)c1. The number of aryl methyl sites for hydroxylation is 1. The van der Waals surface area contributed by atoms with Gasteiger partial charge in [0, 0.05) is 49.2 Å². The van der Waals surface area contributed by atoms with Crippen LogP contribution in [0.3, 0.4) is 0 Å². The number of aromatic nitrogens is 2. The number of carbonyl (C=O) groups is 1. The minimum Gasteiger partial charge on any atom is -0.345 e. The minimum atomic E-state index is -4.29. The van der Waals surface area contributed by atoms with E-state index in [1.54, 1.807) is 62.6 Å². The van der Waals surface area contributed by atoms with Gasteiger partial charge < -0.3 is 4.90 Å². The number of halogens is 4. The zero-order chi connectivity index (χ0) is 24.2. The first-order valence-electron chi connectivity index (χ1n) is 10.3. The Morgan fingerprint density at radius 2 is 1.79 bits per heavy atom.